The maximum absolute atomic E-state index is 11.8. The summed E-state index contributed by atoms with van der Waals surface area (Å²) in [6, 6.07) is 9.77. The first-order chi connectivity index (χ1) is 12.5. The van der Waals surface area contributed by atoms with Gasteiger partial charge in [0.1, 0.15) is 18.1 Å². The van der Waals surface area contributed by atoms with Crippen molar-refractivity contribution < 1.29 is 14.3 Å². The van der Waals surface area contributed by atoms with Crippen LogP contribution in [0.2, 0.25) is 0 Å². The lowest BCUT2D eigenvalue weighted by Gasteiger charge is -2.17. The molecule has 0 aliphatic rings. The summed E-state index contributed by atoms with van der Waals surface area (Å²) in [4.78, 5) is 11.8. The molecular weight excluding hydrogens is 394 g/mol. The number of hydrogen-bond acceptors (Lipinski definition) is 3. The summed E-state index contributed by atoms with van der Waals surface area (Å²) in [7, 11) is 0. The lowest BCUT2D eigenvalue weighted by Crippen LogP contribution is -2.13. The van der Waals surface area contributed by atoms with Crippen LogP contribution in [0.5, 0.6) is 11.5 Å². The van der Waals surface area contributed by atoms with Crippen LogP contribution < -0.4 is 14.8 Å². The number of anilines is 1. The predicted molar refractivity (Wildman–Crippen MR) is 109 cm³/mol. The molecule has 0 bridgehead atoms. The minimum absolute atomic E-state index is 0.0378. The van der Waals surface area contributed by atoms with Crippen LogP contribution in [0, 0.1) is 6.92 Å². The molecule has 140 valence electrons. The van der Waals surface area contributed by atoms with Crippen LogP contribution >= 0.6 is 15.9 Å². The minimum atomic E-state index is -0.0378. The third kappa shape index (κ3) is 5.01. The highest BCUT2D eigenvalue weighted by Crippen LogP contribution is 2.32. The molecular formula is C21H26BrNO3. The Balaban J connectivity index is 2.30. The molecule has 26 heavy (non-hydrogen) atoms. The molecule has 0 aliphatic carbocycles. The maximum atomic E-state index is 11.8. The van der Waals surface area contributed by atoms with Gasteiger partial charge in [0.05, 0.1) is 22.3 Å². The van der Waals surface area contributed by atoms with Crippen molar-refractivity contribution in [3.05, 3.63) is 51.5 Å². The summed E-state index contributed by atoms with van der Waals surface area (Å²) in [6.45, 7) is 8.83. The van der Waals surface area contributed by atoms with Gasteiger partial charge in [0.25, 0.3) is 0 Å². The van der Waals surface area contributed by atoms with E-state index in [2.05, 4.69) is 41.2 Å². The molecule has 0 fully saturated rings. The van der Waals surface area contributed by atoms with Crippen LogP contribution in [0.3, 0.4) is 0 Å². The van der Waals surface area contributed by atoms with Gasteiger partial charge in [0.2, 0.25) is 5.91 Å². The standard InChI is InChI=1S/C21H26BrNO3/c1-5-15-12-17(22)20(11-14(15)4)26-13-16-18(23-21(24)6-2)9-8-10-19(16)25-7-3/h8-12H,5-7,13H2,1-4H3,(H,23,24). The molecule has 0 aliphatic heterocycles. The fraction of sp³-hybridized carbons (Fsp3) is 0.381. The molecule has 0 aromatic heterocycles. The summed E-state index contributed by atoms with van der Waals surface area (Å²) >= 11 is 3.59. The lowest BCUT2D eigenvalue weighted by molar-refractivity contribution is -0.115. The SMILES string of the molecule is CCOc1cccc(NC(=O)CC)c1COc1cc(C)c(CC)cc1Br. The number of hydrogen-bond donors (Lipinski definition) is 1. The van der Waals surface area contributed by atoms with Gasteiger partial charge in [-0.15, -0.1) is 0 Å². The highest BCUT2D eigenvalue weighted by atomic mass is 79.9. The first kappa shape index (κ1) is 20.3. The number of ether oxygens (including phenoxy) is 2. The number of aryl methyl sites for hydroxylation is 2. The zero-order valence-electron chi connectivity index (χ0n) is 15.8. The Bertz CT molecular complexity index is 774. The predicted octanol–water partition coefficient (Wildman–Crippen LogP) is 5.65. The van der Waals surface area contributed by atoms with Crippen molar-refractivity contribution in [2.24, 2.45) is 0 Å². The number of rotatable bonds is 8. The lowest BCUT2D eigenvalue weighted by atomic mass is 10.1. The number of carbonyl (C=O) groups is 1. The molecule has 0 saturated heterocycles. The average Bonchev–Trinajstić information content (AvgIpc) is 2.63. The molecule has 2 aromatic carbocycles. The van der Waals surface area contributed by atoms with Crippen molar-refractivity contribution >= 4 is 27.5 Å². The van der Waals surface area contributed by atoms with E-state index in [4.69, 9.17) is 9.47 Å². The van der Waals surface area contributed by atoms with E-state index >= 15 is 0 Å². The molecule has 0 saturated carbocycles. The molecule has 0 radical (unpaired) electrons. The summed E-state index contributed by atoms with van der Waals surface area (Å²) in [6.07, 6.45) is 1.40. The summed E-state index contributed by atoms with van der Waals surface area (Å²) in [5.41, 5.74) is 4.04. The summed E-state index contributed by atoms with van der Waals surface area (Å²) < 4.78 is 12.7. The summed E-state index contributed by atoms with van der Waals surface area (Å²) in [5.74, 6) is 1.46. The fourth-order valence-corrected chi connectivity index (χ4v) is 3.20. The van der Waals surface area contributed by atoms with Crippen LogP contribution in [0.15, 0.2) is 34.8 Å². The van der Waals surface area contributed by atoms with Crippen LogP contribution in [0.1, 0.15) is 43.9 Å². The Morgan fingerprint density at radius 2 is 1.88 bits per heavy atom. The number of carbonyl (C=O) groups excluding carboxylic acids is 1. The van der Waals surface area contributed by atoms with Gasteiger partial charge in [-0.25, -0.2) is 0 Å². The molecule has 0 spiro atoms. The molecule has 1 amide bonds. The van der Waals surface area contributed by atoms with Crippen molar-refractivity contribution in [1.29, 1.82) is 0 Å². The highest BCUT2D eigenvalue weighted by Gasteiger charge is 2.14. The largest absolute Gasteiger partial charge is 0.493 e. The average molecular weight is 420 g/mol. The van der Waals surface area contributed by atoms with E-state index < -0.39 is 0 Å². The van der Waals surface area contributed by atoms with Crippen LogP contribution in [0.25, 0.3) is 0 Å². The Morgan fingerprint density at radius 1 is 1.12 bits per heavy atom. The van der Waals surface area contributed by atoms with E-state index in [0.717, 1.165) is 33.6 Å². The van der Waals surface area contributed by atoms with Gasteiger partial charge in [-0.05, 0) is 71.6 Å². The van der Waals surface area contributed by atoms with Crippen LogP contribution in [-0.4, -0.2) is 12.5 Å². The monoisotopic (exact) mass is 419 g/mol. The molecule has 0 heterocycles. The quantitative estimate of drug-likeness (QED) is 0.601. The number of nitrogens with one attached hydrogen (secondary N) is 1. The van der Waals surface area contributed by atoms with Crippen LogP contribution in [-0.2, 0) is 17.8 Å². The van der Waals surface area contributed by atoms with E-state index in [0.29, 0.717) is 19.6 Å². The highest BCUT2D eigenvalue weighted by molar-refractivity contribution is 9.10. The molecule has 0 atom stereocenters. The van der Waals surface area contributed by atoms with Gasteiger partial charge < -0.3 is 14.8 Å². The third-order valence-corrected chi connectivity index (χ3v) is 4.79. The van der Waals surface area contributed by atoms with E-state index in [9.17, 15) is 4.79 Å². The first-order valence-corrected chi connectivity index (χ1v) is 9.75. The Kier molecular flexibility index (Phi) is 7.51. The van der Waals surface area contributed by atoms with Crippen molar-refractivity contribution in [1.82, 2.24) is 0 Å². The Labute approximate surface area is 164 Å². The van der Waals surface area contributed by atoms with Gasteiger partial charge in [-0.2, -0.15) is 0 Å². The van der Waals surface area contributed by atoms with Gasteiger partial charge in [0.15, 0.2) is 0 Å². The molecule has 4 nitrogen and oxygen atoms in total. The fourth-order valence-electron chi connectivity index (χ4n) is 2.70. The molecule has 5 heteroatoms. The van der Waals surface area contributed by atoms with E-state index in [-0.39, 0.29) is 5.91 Å². The zero-order chi connectivity index (χ0) is 19.1. The molecule has 2 aromatic rings. The number of halogens is 1. The van der Waals surface area contributed by atoms with Crippen molar-refractivity contribution in [3.8, 4) is 11.5 Å². The van der Waals surface area contributed by atoms with Crippen molar-refractivity contribution in [3.63, 3.8) is 0 Å². The second kappa shape index (κ2) is 9.62. The van der Waals surface area contributed by atoms with E-state index in [1.807, 2.05) is 38.1 Å². The number of amides is 1. The van der Waals surface area contributed by atoms with E-state index in [1.165, 1.54) is 11.1 Å². The normalized spacial score (nSPS) is 10.5. The second-order valence-corrected chi connectivity index (χ2v) is 6.82. The molecule has 2 rings (SSSR count). The molecule has 1 N–H and O–H groups in total. The van der Waals surface area contributed by atoms with Gasteiger partial charge >= 0.3 is 0 Å². The summed E-state index contributed by atoms with van der Waals surface area (Å²) in [5, 5.41) is 2.93. The Morgan fingerprint density at radius 3 is 2.54 bits per heavy atom. The second-order valence-electron chi connectivity index (χ2n) is 5.97. The zero-order valence-corrected chi connectivity index (χ0v) is 17.4. The van der Waals surface area contributed by atoms with Crippen molar-refractivity contribution in [2.75, 3.05) is 11.9 Å². The molecule has 0 unspecified atom stereocenters. The van der Waals surface area contributed by atoms with Gasteiger partial charge in [-0.3, -0.25) is 4.79 Å². The topological polar surface area (TPSA) is 47.6 Å². The smallest absolute Gasteiger partial charge is 0.224 e. The number of benzene rings is 2. The maximum Gasteiger partial charge on any atom is 0.224 e. The Hall–Kier alpha value is -2.01. The van der Waals surface area contributed by atoms with Crippen LogP contribution in [0.4, 0.5) is 5.69 Å². The minimum Gasteiger partial charge on any atom is -0.493 e. The van der Waals surface area contributed by atoms with Crippen molar-refractivity contribution in [2.45, 2.75) is 47.1 Å². The third-order valence-electron chi connectivity index (χ3n) is 4.17. The van der Waals surface area contributed by atoms with Gasteiger partial charge in [-0.1, -0.05) is 19.9 Å². The first-order valence-electron chi connectivity index (χ1n) is 8.96. The van der Waals surface area contributed by atoms with E-state index in [1.54, 1.807) is 0 Å². The van der Waals surface area contributed by atoms with Gasteiger partial charge in [0, 0.05) is 6.42 Å².